The van der Waals surface area contributed by atoms with Gasteiger partial charge in [-0.2, -0.15) is 0 Å². The Morgan fingerprint density at radius 1 is 0.933 bits per heavy atom. The van der Waals surface area contributed by atoms with Crippen LogP contribution in [0.15, 0.2) is 12.1 Å². The number of carboxylic acids is 1. The van der Waals surface area contributed by atoms with Gasteiger partial charge in [0.1, 0.15) is 5.75 Å². The Bertz CT molecular complexity index is 640. The van der Waals surface area contributed by atoms with Crippen LogP contribution in [-0.4, -0.2) is 16.2 Å². The van der Waals surface area contributed by atoms with E-state index in [1.54, 1.807) is 0 Å². The monoisotopic (exact) mass is 418 g/mol. The maximum Gasteiger partial charge on any atom is 0.303 e. The predicted octanol–water partition coefficient (Wildman–Crippen LogP) is 8.29. The van der Waals surface area contributed by atoms with Crippen LogP contribution in [-0.2, 0) is 10.2 Å². The first-order valence-electron chi connectivity index (χ1n) is 12.2. The number of rotatable bonds is 14. The zero-order valence-corrected chi connectivity index (χ0v) is 20.4. The molecule has 0 heterocycles. The molecule has 0 aliphatic carbocycles. The van der Waals surface area contributed by atoms with Gasteiger partial charge in [-0.3, -0.25) is 4.79 Å². The Labute approximate surface area is 185 Å². The Hall–Kier alpha value is -1.51. The Kier molecular flexibility index (Phi) is 11.5. The Morgan fingerprint density at radius 2 is 1.47 bits per heavy atom. The van der Waals surface area contributed by atoms with E-state index in [4.69, 9.17) is 0 Å². The largest absolute Gasteiger partial charge is 0.507 e. The van der Waals surface area contributed by atoms with E-state index in [2.05, 4.69) is 53.7 Å². The average molecular weight is 419 g/mol. The minimum Gasteiger partial charge on any atom is -0.507 e. The summed E-state index contributed by atoms with van der Waals surface area (Å²) in [6, 6.07) is 4.11. The van der Waals surface area contributed by atoms with Gasteiger partial charge in [0.15, 0.2) is 0 Å². The van der Waals surface area contributed by atoms with Crippen molar-refractivity contribution in [2.45, 2.75) is 129 Å². The maximum absolute atomic E-state index is 11.6. The van der Waals surface area contributed by atoms with Crippen molar-refractivity contribution in [3.8, 4) is 5.75 Å². The smallest absolute Gasteiger partial charge is 0.303 e. The third-order valence-corrected chi connectivity index (χ3v) is 6.14. The van der Waals surface area contributed by atoms with Gasteiger partial charge in [0.05, 0.1) is 6.42 Å². The highest BCUT2D eigenvalue weighted by Gasteiger charge is 2.25. The van der Waals surface area contributed by atoms with Gasteiger partial charge in [0.25, 0.3) is 0 Å². The molecule has 2 N–H and O–H groups in total. The fourth-order valence-corrected chi connectivity index (χ4v) is 4.23. The minimum absolute atomic E-state index is 0.00579. The number of phenols is 1. The second-order valence-electron chi connectivity index (χ2n) is 10.3. The normalized spacial score (nSPS) is 13.0. The topological polar surface area (TPSA) is 57.5 Å². The number of carboxylic acid groups (broad SMARTS) is 1. The van der Waals surface area contributed by atoms with Crippen LogP contribution in [0, 0.1) is 0 Å². The van der Waals surface area contributed by atoms with Gasteiger partial charge in [0.2, 0.25) is 0 Å². The van der Waals surface area contributed by atoms with Crippen LogP contribution in [0.25, 0.3) is 0 Å². The molecule has 0 aliphatic heterocycles. The summed E-state index contributed by atoms with van der Waals surface area (Å²) in [4.78, 5) is 11.6. The highest BCUT2D eigenvalue weighted by molar-refractivity contribution is 5.68. The fourth-order valence-electron chi connectivity index (χ4n) is 4.23. The minimum atomic E-state index is -0.743. The quantitative estimate of drug-likeness (QED) is 0.299. The number of hydrogen-bond donors (Lipinski definition) is 2. The number of aromatic hydroxyl groups is 1. The van der Waals surface area contributed by atoms with Crippen LogP contribution in [0.4, 0.5) is 0 Å². The second kappa shape index (κ2) is 13.0. The fraction of sp³-hybridized carbons (Fsp3) is 0.741. The van der Waals surface area contributed by atoms with Crippen LogP contribution in [0.3, 0.4) is 0 Å². The van der Waals surface area contributed by atoms with Crippen molar-refractivity contribution >= 4 is 5.97 Å². The van der Waals surface area contributed by atoms with Crippen molar-refractivity contribution in [1.29, 1.82) is 0 Å². The van der Waals surface area contributed by atoms with Gasteiger partial charge in [-0.15, -0.1) is 0 Å². The number of benzene rings is 1. The molecule has 1 aromatic carbocycles. The van der Waals surface area contributed by atoms with Crippen LogP contribution in [0.2, 0.25) is 0 Å². The summed E-state index contributed by atoms with van der Waals surface area (Å²) < 4.78 is 0. The number of aliphatic carboxylic acids is 1. The average Bonchev–Trinajstić information content (AvgIpc) is 2.64. The van der Waals surface area contributed by atoms with Crippen molar-refractivity contribution in [2.24, 2.45) is 0 Å². The molecule has 0 saturated heterocycles. The molecular weight excluding hydrogens is 372 g/mol. The molecule has 0 amide bonds. The van der Waals surface area contributed by atoms with Gasteiger partial charge in [-0.25, -0.2) is 0 Å². The summed E-state index contributed by atoms with van der Waals surface area (Å²) in [5.74, 6) is -0.165. The Balaban J connectivity index is 2.83. The van der Waals surface area contributed by atoms with Crippen LogP contribution < -0.4 is 0 Å². The van der Waals surface area contributed by atoms with E-state index in [9.17, 15) is 15.0 Å². The lowest BCUT2D eigenvalue weighted by atomic mass is 9.79. The first kappa shape index (κ1) is 26.5. The molecule has 0 spiro atoms. The molecule has 3 heteroatoms. The van der Waals surface area contributed by atoms with Crippen molar-refractivity contribution in [2.75, 3.05) is 0 Å². The lowest BCUT2D eigenvalue weighted by molar-refractivity contribution is -0.137. The highest BCUT2D eigenvalue weighted by atomic mass is 16.4. The van der Waals surface area contributed by atoms with Crippen LogP contribution in [0.1, 0.15) is 141 Å². The van der Waals surface area contributed by atoms with Gasteiger partial charge in [0, 0.05) is 0 Å². The van der Waals surface area contributed by atoms with Crippen molar-refractivity contribution in [3.05, 3.63) is 28.8 Å². The number of hydrogen-bond acceptors (Lipinski definition) is 2. The number of phenolic OH excluding ortho intramolecular Hbond substituents is 1. The molecule has 1 atom stereocenters. The van der Waals surface area contributed by atoms with Crippen molar-refractivity contribution < 1.29 is 15.0 Å². The summed E-state index contributed by atoms with van der Waals surface area (Å²) in [5, 5.41) is 20.3. The van der Waals surface area contributed by atoms with Crippen molar-refractivity contribution in [3.63, 3.8) is 0 Å². The van der Waals surface area contributed by atoms with E-state index in [1.807, 2.05) is 0 Å². The summed E-state index contributed by atoms with van der Waals surface area (Å²) in [5.41, 5.74) is 2.74. The highest BCUT2D eigenvalue weighted by Crippen LogP contribution is 2.40. The first-order valence-corrected chi connectivity index (χ1v) is 12.2. The van der Waals surface area contributed by atoms with E-state index >= 15 is 0 Å². The van der Waals surface area contributed by atoms with E-state index in [0.29, 0.717) is 5.75 Å². The third kappa shape index (κ3) is 9.10. The second-order valence-corrected chi connectivity index (χ2v) is 10.3. The maximum atomic E-state index is 11.6. The summed E-state index contributed by atoms with van der Waals surface area (Å²) in [6.07, 6.45) is 12.5. The zero-order valence-electron chi connectivity index (χ0n) is 20.4. The standard InChI is InChI=1S/C27H46O3/c1-7-8-9-10-11-12-13-14-15-16-21(19-25(28)29)22-17-23(20(2)3)26(30)24(18-22)27(4,5)6/h17-18,20-21,30H,7-16,19H2,1-6H3,(H,28,29). The molecule has 172 valence electrons. The molecule has 1 aromatic rings. The lowest BCUT2D eigenvalue weighted by Gasteiger charge is -2.26. The number of unbranched alkanes of at least 4 members (excludes halogenated alkanes) is 8. The molecule has 1 unspecified atom stereocenters. The van der Waals surface area contributed by atoms with E-state index in [0.717, 1.165) is 29.5 Å². The van der Waals surface area contributed by atoms with Crippen LogP contribution in [0.5, 0.6) is 5.75 Å². The number of carbonyl (C=O) groups is 1. The SMILES string of the molecule is CCCCCCCCCCCC(CC(=O)O)c1cc(C(C)C)c(O)c(C(C)(C)C)c1. The van der Waals surface area contributed by atoms with Gasteiger partial charge in [-0.05, 0) is 40.4 Å². The molecule has 0 fully saturated rings. The van der Waals surface area contributed by atoms with E-state index < -0.39 is 5.97 Å². The summed E-state index contributed by atoms with van der Waals surface area (Å²) in [6.45, 7) is 12.7. The van der Waals surface area contributed by atoms with Gasteiger partial charge in [-0.1, -0.05) is 111 Å². The third-order valence-electron chi connectivity index (χ3n) is 6.14. The molecule has 0 aliphatic rings. The lowest BCUT2D eigenvalue weighted by Crippen LogP contribution is -2.15. The predicted molar refractivity (Wildman–Crippen MR) is 128 cm³/mol. The van der Waals surface area contributed by atoms with Crippen LogP contribution >= 0.6 is 0 Å². The molecule has 1 rings (SSSR count). The van der Waals surface area contributed by atoms with E-state index in [1.165, 1.54) is 51.4 Å². The molecule has 0 bridgehead atoms. The van der Waals surface area contributed by atoms with E-state index in [-0.39, 0.29) is 23.7 Å². The first-order chi connectivity index (χ1) is 14.1. The van der Waals surface area contributed by atoms with Gasteiger partial charge < -0.3 is 10.2 Å². The molecular formula is C27H46O3. The summed E-state index contributed by atoms with van der Waals surface area (Å²) in [7, 11) is 0. The molecule has 0 radical (unpaired) electrons. The molecule has 30 heavy (non-hydrogen) atoms. The molecule has 0 saturated carbocycles. The summed E-state index contributed by atoms with van der Waals surface area (Å²) >= 11 is 0. The van der Waals surface area contributed by atoms with Gasteiger partial charge >= 0.3 is 5.97 Å². The molecule has 0 aromatic heterocycles. The van der Waals surface area contributed by atoms with Crippen molar-refractivity contribution in [1.82, 2.24) is 0 Å². The zero-order chi connectivity index (χ0) is 22.7. The Morgan fingerprint density at radius 3 is 1.93 bits per heavy atom. The molecule has 3 nitrogen and oxygen atoms in total.